The van der Waals surface area contributed by atoms with Crippen molar-refractivity contribution in [2.45, 2.75) is 110 Å². The number of fused-ring (bicyclic) bond motifs is 2. The van der Waals surface area contributed by atoms with Gasteiger partial charge in [0.05, 0.1) is 34.4 Å². The van der Waals surface area contributed by atoms with Gasteiger partial charge in [-0.1, -0.05) is 51.3 Å². The molecule has 9 rings (SSSR count). The predicted molar refractivity (Wildman–Crippen MR) is 226 cm³/mol. The maximum Gasteiger partial charge on any atom is 0.256 e. The zero-order chi connectivity index (χ0) is 42.1. The van der Waals surface area contributed by atoms with Crippen molar-refractivity contribution in [3.05, 3.63) is 87.2 Å². The summed E-state index contributed by atoms with van der Waals surface area (Å²) >= 11 is 6.30. The number of piperazine rings is 1. The summed E-state index contributed by atoms with van der Waals surface area (Å²) in [5, 5.41) is 23.1. The molecule has 312 valence electrons. The molecule has 0 bridgehead atoms. The van der Waals surface area contributed by atoms with E-state index in [-0.39, 0.29) is 47.1 Å². The molecule has 2 atom stereocenters. The SMILES string of the molecule is CC1(C)C(Oc2ccc(C#N)c(Cl)c2)C(C)(C)C1N1Cc2nc(C#CC3CCC(N4CCN(c5ccc6c(c5)CN(C5CCC(=O)NC5=O)C6O)CC4)CC3)ccc2C1=O. The first-order valence-corrected chi connectivity index (χ1v) is 21.7. The molecule has 3 amide bonds. The Morgan fingerprint density at radius 1 is 0.917 bits per heavy atom. The molecule has 3 aromatic rings. The van der Waals surface area contributed by atoms with Crippen molar-refractivity contribution in [1.29, 1.82) is 5.26 Å². The molecule has 13 heteroatoms. The molecule has 2 N–H and O–H groups in total. The van der Waals surface area contributed by atoms with Gasteiger partial charge in [0, 0.05) is 85.3 Å². The topological polar surface area (TPSA) is 142 Å². The number of rotatable bonds is 6. The van der Waals surface area contributed by atoms with E-state index in [2.05, 4.69) is 72.9 Å². The number of hydrogen-bond donors (Lipinski definition) is 2. The summed E-state index contributed by atoms with van der Waals surface area (Å²) in [6.07, 6.45) is 4.01. The number of anilines is 1. The minimum atomic E-state index is -0.853. The number of amides is 3. The van der Waals surface area contributed by atoms with Gasteiger partial charge in [0.15, 0.2) is 0 Å². The first-order chi connectivity index (χ1) is 28.7. The lowest BCUT2D eigenvalue weighted by Gasteiger charge is -2.65. The van der Waals surface area contributed by atoms with Crippen LogP contribution in [0.25, 0.3) is 0 Å². The molecule has 1 aromatic heterocycles. The molecule has 2 saturated heterocycles. The minimum absolute atomic E-state index is 0.00679. The van der Waals surface area contributed by atoms with Gasteiger partial charge in [-0.15, -0.1) is 0 Å². The number of aromatic nitrogens is 1. The van der Waals surface area contributed by atoms with Crippen molar-refractivity contribution < 1.29 is 24.2 Å². The van der Waals surface area contributed by atoms with Gasteiger partial charge in [0.1, 0.15) is 29.8 Å². The normalized spacial score (nSPS) is 28.5. The number of hydrogen-bond acceptors (Lipinski definition) is 10. The Kier molecular flexibility index (Phi) is 10.4. The number of carbonyl (C=O) groups is 3. The van der Waals surface area contributed by atoms with Crippen LogP contribution in [0.15, 0.2) is 48.5 Å². The summed E-state index contributed by atoms with van der Waals surface area (Å²) in [6.45, 7) is 13.3. The summed E-state index contributed by atoms with van der Waals surface area (Å²) in [4.78, 5) is 51.7. The Labute approximate surface area is 356 Å². The van der Waals surface area contributed by atoms with Crippen LogP contribution in [0.2, 0.25) is 5.02 Å². The van der Waals surface area contributed by atoms with Crippen LogP contribution < -0.4 is 15.0 Å². The first-order valence-electron chi connectivity index (χ1n) is 21.3. The lowest BCUT2D eigenvalue weighted by molar-refractivity contribution is -0.199. The molecule has 4 aliphatic heterocycles. The smallest absolute Gasteiger partial charge is 0.256 e. The highest BCUT2D eigenvalue weighted by Gasteiger charge is 2.67. The molecule has 5 heterocycles. The van der Waals surface area contributed by atoms with E-state index in [1.807, 2.05) is 23.1 Å². The van der Waals surface area contributed by atoms with Crippen LogP contribution in [-0.4, -0.2) is 92.9 Å². The average Bonchev–Trinajstić information content (AvgIpc) is 3.73. The number of nitrogens with one attached hydrogen (secondary N) is 1. The van der Waals surface area contributed by atoms with Crippen molar-refractivity contribution >= 4 is 35.0 Å². The van der Waals surface area contributed by atoms with E-state index >= 15 is 0 Å². The Bertz CT molecular complexity index is 2330. The molecule has 2 aliphatic carbocycles. The quantitative estimate of drug-likeness (QED) is 0.232. The number of carbonyl (C=O) groups excluding carboxylic acids is 3. The predicted octanol–water partition coefficient (Wildman–Crippen LogP) is 5.79. The second-order valence-electron chi connectivity index (χ2n) is 18.6. The molecule has 60 heavy (non-hydrogen) atoms. The van der Waals surface area contributed by atoms with E-state index in [1.54, 1.807) is 23.1 Å². The number of ether oxygens (including phenoxy) is 1. The summed E-state index contributed by atoms with van der Waals surface area (Å²) in [5.41, 5.74) is 4.83. The molecule has 0 radical (unpaired) electrons. The van der Waals surface area contributed by atoms with Gasteiger partial charge in [-0.25, -0.2) is 4.98 Å². The minimum Gasteiger partial charge on any atom is -0.489 e. The van der Waals surface area contributed by atoms with Crippen LogP contribution in [0, 0.1) is 39.9 Å². The summed E-state index contributed by atoms with van der Waals surface area (Å²) in [6, 6.07) is 17.2. The number of piperidine rings is 1. The van der Waals surface area contributed by atoms with Gasteiger partial charge in [-0.3, -0.25) is 29.5 Å². The van der Waals surface area contributed by atoms with Gasteiger partial charge in [0.25, 0.3) is 5.91 Å². The standard InChI is InChI=1S/C47H52ClN7O5/c1-46(2)44(47(3,4)45(46)60-34-14-8-29(25-49)37(48)24-34)55-27-38-36(43(55)59)15-10-31(50-38)9-5-28-6-11-32(12-7-28)52-19-21-53(22-20-52)33-13-16-35-30(23-33)26-54(42(35)58)39-17-18-40(56)51-41(39)57/h8,10,13-16,23-24,28,32,39,42,44-45,58H,6-7,11-12,17-22,26-27H2,1-4H3,(H,51,56,57). The maximum atomic E-state index is 13.8. The van der Waals surface area contributed by atoms with Crippen molar-refractivity contribution in [3.63, 3.8) is 0 Å². The van der Waals surface area contributed by atoms with Crippen LogP contribution in [0.4, 0.5) is 5.69 Å². The second-order valence-corrected chi connectivity index (χ2v) is 19.0. The molecule has 4 fully saturated rings. The summed E-state index contributed by atoms with van der Waals surface area (Å²) in [5.74, 6) is 7.22. The van der Waals surface area contributed by atoms with Gasteiger partial charge >= 0.3 is 0 Å². The average molecular weight is 830 g/mol. The molecular weight excluding hydrogens is 778 g/mol. The first kappa shape index (κ1) is 40.4. The number of imide groups is 1. The Hall–Kier alpha value is -4.98. The Morgan fingerprint density at radius 2 is 1.67 bits per heavy atom. The van der Waals surface area contributed by atoms with Gasteiger partial charge in [-0.05, 0) is 80.0 Å². The van der Waals surface area contributed by atoms with Gasteiger partial charge in [0.2, 0.25) is 11.8 Å². The third-order valence-electron chi connectivity index (χ3n) is 14.2. The largest absolute Gasteiger partial charge is 0.489 e. The van der Waals surface area contributed by atoms with Gasteiger partial charge in [-0.2, -0.15) is 5.26 Å². The highest BCUT2D eigenvalue weighted by molar-refractivity contribution is 6.31. The van der Waals surface area contributed by atoms with Crippen molar-refractivity contribution in [1.82, 2.24) is 25.0 Å². The van der Waals surface area contributed by atoms with E-state index in [0.29, 0.717) is 59.1 Å². The fourth-order valence-electron chi connectivity index (χ4n) is 11.5. The highest BCUT2D eigenvalue weighted by atomic mass is 35.5. The molecule has 12 nitrogen and oxygen atoms in total. The zero-order valence-electron chi connectivity index (χ0n) is 34.7. The van der Waals surface area contributed by atoms with E-state index in [0.717, 1.165) is 74.4 Å². The number of nitrogens with zero attached hydrogens (tertiary/aromatic N) is 6. The number of halogens is 1. The van der Waals surface area contributed by atoms with Crippen LogP contribution in [0.5, 0.6) is 5.75 Å². The Balaban J connectivity index is 0.762. The van der Waals surface area contributed by atoms with Crippen LogP contribution in [-0.2, 0) is 22.7 Å². The molecule has 2 unspecified atom stereocenters. The maximum absolute atomic E-state index is 13.8. The lowest BCUT2D eigenvalue weighted by atomic mass is 9.49. The van der Waals surface area contributed by atoms with E-state index in [4.69, 9.17) is 21.3 Å². The van der Waals surface area contributed by atoms with E-state index in [9.17, 15) is 24.8 Å². The number of aliphatic hydroxyl groups is 1. The fourth-order valence-corrected chi connectivity index (χ4v) is 11.7. The molecule has 6 aliphatic rings. The van der Waals surface area contributed by atoms with Crippen LogP contribution >= 0.6 is 11.6 Å². The number of aliphatic hydroxyl groups excluding tert-OH is 1. The van der Waals surface area contributed by atoms with Gasteiger partial charge < -0.3 is 19.6 Å². The summed E-state index contributed by atoms with van der Waals surface area (Å²) < 4.78 is 6.48. The monoisotopic (exact) mass is 829 g/mol. The van der Waals surface area contributed by atoms with Crippen molar-refractivity contribution in [2.75, 3.05) is 31.1 Å². The number of benzene rings is 2. The third kappa shape index (κ3) is 7.11. The van der Waals surface area contributed by atoms with E-state index in [1.165, 1.54) is 0 Å². The molecule has 2 saturated carbocycles. The molecule has 0 spiro atoms. The molecular formula is C47H52ClN7O5. The van der Waals surface area contributed by atoms with Crippen LogP contribution in [0.1, 0.15) is 111 Å². The summed E-state index contributed by atoms with van der Waals surface area (Å²) in [7, 11) is 0. The number of pyridine rings is 1. The number of nitriles is 1. The Morgan fingerprint density at radius 3 is 2.37 bits per heavy atom. The van der Waals surface area contributed by atoms with Crippen molar-refractivity contribution in [2.24, 2.45) is 16.7 Å². The third-order valence-corrected chi connectivity index (χ3v) is 14.5. The fraction of sp³-hybridized carbons (Fsp3) is 0.511. The van der Waals surface area contributed by atoms with E-state index < -0.39 is 12.3 Å². The highest BCUT2D eigenvalue weighted by Crippen LogP contribution is 2.59. The molecule has 2 aromatic carbocycles. The second kappa shape index (κ2) is 15.5. The lowest BCUT2D eigenvalue weighted by Crippen LogP contribution is -2.74. The van der Waals surface area contributed by atoms with Crippen molar-refractivity contribution in [3.8, 4) is 23.7 Å². The zero-order valence-corrected chi connectivity index (χ0v) is 35.5. The van der Waals surface area contributed by atoms with Crippen LogP contribution in [0.3, 0.4) is 0 Å².